The highest BCUT2D eigenvalue weighted by Crippen LogP contribution is 2.19. The molecule has 3 rings (SSSR count). The van der Waals surface area contributed by atoms with Crippen molar-refractivity contribution in [1.29, 1.82) is 0 Å². The average Bonchev–Trinajstić information content (AvgIpc) is 2.65. The second-order valence-electron chi connectivity index (χ2n) is 5.34. The molecule has 26 heavy (non-hydrogen) atoms. The standard InChI is InChI=1S/C19H15F2N3O2/c20-16-8-6-13(10-17(16)21)23-14-7-9-18(22-11-14)24-19(25)12-26-15-4-2-1-3-5-15/h1-11,23H,12H2,(H,22,24,25). The quantitative estimate of drug-likeness (QED) is 0.698. The summed E-state index contributed by atoms with van der Waals surface area (Å²) in [4.78, 5) is 16.0. The summed E-state index contributed by atoms with van der Waals surface area (Å²) in [5.41, 5.74) is 0.952. The van der Waals surface area contributed by atoms with Gasteiger partial charge >= 0.3 is 0 Å². The zero-order valence-corrected chi connectivity index (χ0v) is 13.6. The van der Waals surface area contributed by atoms with Crippen LogP contribution in [0.4, 0.5) is 26.0 Å². The molecular weight excluding hydrogens is 340 g/mol. The van der Waals surface area contributed by atoms with Gasteiger partial charge in [0.05, 0.1) is 11.9 Å². The minimum atomic E-state index is -0.940. The molecule has 0 fully saturated rings. The lowest BCUT2D eigenvalue weighted by atomic mass is 10.3. The SMILES string of the molecule is O=C(COc1ccccc1)Nc1ccc(Nc2ccc(F)c(F)c2)cn1. The Labute approximate surface area is 148 Å². The number of carbonyl (C=O) groups excluding carboxylic acids is 1. The van der Waals surface area contributed by atoms with E-state index < -0.39 is 11.6 Å². The third-order valence-electron chi connectivity index (χ3n) is 3.35. The van der Waals surface area contributed by atoms with Crippen LogP contribution >= 0.6 is 0 Å². The number of amides is 1. The molecule has 0 bridgehead atoms. The van der Waals surface area contributed by atoms with Crippen LogP contribution in [0.5, 0.6) is 5.75 Å². The number of carbonyl (C=O) groups is 1. The van der Waals surface area contributed by atoms with Crippen LogP contribution in [0.15, 0.2) is 66.9 Å². The molecule has 3 aromatic rings. The van der Waals surface area contributed by atoms with Gasteiger partial charge < -0.3 is 15.4 Å². The van der Waals surface area contributed by atoms with Gasteiger partial charge in [-0.2, -0.15) is 0 Å². The normalized spacial score (nSPS) is 10.2. The maximum atomic E-state index is 13.2. The van der Waals surface area contributed by atoms with Gasteiger partial charge in [0.2, 0.25) is 0 Å². The first-order valence-electron chi connectivity index (χ1n) is 7.76. The summed E-state index contributed by atoms with van der Waals surface area (Å²) in [5, 5.41) is 5.50. The fourth-order valence-electron chi connectivity index (χ4n) is 2.13. The molecule has 2 aromatic carbocycles. The first-order valence-corrected chi connectivity index (χ1v) is 7.76. The van der Waals surface area contributed by atoms with Crippen LogP contribution in [0.25, 0.3) is 0 Å². The first kappa shape index (κ1) is 17.3. The fraction of sp³-hybridized carbons (Fsp3) is 0.0526. The molecular formula is C19H15F2N3O2. The predicted octanol–water partition coefficient (Wildman–Crippen LogP) is 4.12. The van der Waals surface area contributed by atoms with Crippen LogP contribution < -0.4 is 15.4 Å². The van der Waals surface area contributed by atoms with Gasteiger partial charge in [0.1, 0.15) is 11.6 Å². The van der Waals surface area contributed by atoms with Gasteiger partial charge in [0, 0.05) is 11.8 Å². The smallest absolute Gasteiger partial charge is 0.263 e. The minimum absolute atomic E-state index is 0.138. The van der Waals surface area contributed by atoms with Crippen LogP contribution in [-0.4, -0.2) is 17.5 Å². The van der Waals surface area contributed by atoms with Crippen molar-refractivity contribution in [3.63, 3.8) is 0 Å². The number of nitrogens with one attached hydrogen (secondary N) is 2. The Morgan fingerprint density at radius 1 is 0.962 bits per heavy atom. The van der Waals surface area contributed by atoms with E-state index in [2.05, 4.69) is 15.6 Å². The van der Waals surface area contributed by atoms with E-state index >= 15 is 0 Å². The van der Waals surface area contributed by atoms with Crippen molar-refractivity contribution in [2.45, 2.75) is 0 Å². The molecule has 0 aliphatic heterocycles. The Bertz CT molecular complexity index is 887. The second-order valence-corrected chi connectivity index (χ2v) is 5.34. The van der Waals surface area contributed by atoms with Gasteiger partial charge in [-0.05, 0) is 36.4 Å². The maximum Gasteiger partial charge on any atom is 0.263 e. The summed E-state index contributed by atoms with van der Waals surface area (Å²) in [6, 6.07) is 15.7. The molecule has 7 heteroatoms. The van der Waals surface area contributed by atoms with E-state index in [0.717, 1.165) is 12.1 Å². The molecule has 0 unspecified atom stereocenters. The van der Waals surface area contributed by atoms with Crippen molar-refractivity contribution in [3.8, 4) is 5.75 Å². The Morgan fingerprint density at radius 3 is 2.42 bits per heavy atom. The number of ether oxygens (including phenoxy) is 1. The summed E-state index contributed by atoms with van der Waals surface area (Å²) >= 11 is 0. The van der Waals surface area contributed by atoms with Gasteiger partial charge in [0.15, 0.2) is 18.2 Å². The summed E-state index contributed by atoms with van der Waals surface area (Å²) < 4.78 is 31.5. The van der Waals surface area contributed by atoms with Gasteiger partial charge in [-0.25, -0.2) is 13.8 Å². The minimum Gasteiger partial charge on any atom is -0.484 e. The monoisotopic (exact) mass is 355 g/mol. The molecule has 0 aliphatic carbocycles. The third-order valence-corrected chi connectivity index (χ3v) is 3.35. The van der Waals surface area contributed by atoms with Crippen LogP contribution in [-0.2, 0) is 4.79 Å². The van der Waals surface area contributed by atoms with Crippen LogP contribution in [0, 0.1) is 11.6 Å². The molecule has 132 valence electrons. The van der Waals surface area contributed by atoms with Crippen molar-refractivity contribution >= 4 is 23.1 Å². The van der Waals surface area contributed by atoms with E-state index in [1.165, 1.54) is 12.3 Å². The van der Waals surface area contributed by atoms with Crippen molar-refractivity contribution in [2.24, 2.45) is 0 Å². The maximum absolute atomic E-state index is 13.2. The van der Waals surface area contributed by atoms with Crippen LogP contribution in [0.3, 0.4) is 0 Å². The molecule has 5 nitrogen and oxygen atoms in total. The Hall–Kier alpha value is -3.48. The number of nitrogens with zero attached hydrogens (tertiary/aromatic N) is 1. The lowest BCUT2D eigenvalue weighted by Crippen LogP contribution is -2.20. The van der Waals surface area contributed by atoms with Gasteiger partial charge in [-0.15, -0.1) is 0 Å². The molecule has 1 aromatic heterocycles. The van der Waals surface area contributed by atoms with Crippen LogP contribution in [0.1, 0.15) is 0 Å². The molecule has 1 amide bonds. The lowest BCUT2D eigenvalue weighted by molar-refractivity contribution is -0.118. The third kappa shape index (κ3) is 4.76. The first-order chi connectivity index (χ1) is 12.6. The molecule has 0 saturated carbocycles. The number of hydrogen-bond acceptors (Lipinski definition) is 4. The van der Waals surface area contributed by atoms with Gasteiger partial charge in [0.25, 0.3) is 5.91 Å². The van der Waals surface area contributed by atoms with Gasteiger partial charge in [-0.3, -0.25) is 4.79 Å². The number of para-hydroxylation sites is 1. The van der Waals surface area contributed by atoms with E-state index in [1.54, 1.807) is 24.3 Å². The highest BCUT2D eigenvalue weighted by atomic mass is 19.2. The zero-order chi connectivity index (χ0) is 18.4. The number of hydrogen-bond donors (Lipinski definition) is 2. The van der Waals surface area contributed by atoms with Crippen molar-refractivity contribution in [1.82, 2.24) is 4.98 Å². The number of aromatic nitrogens is 1. The van der Waals surface area contributed by atoms with E-state index in [9.17, 15) is 13.6 Å². The largest absolute Gasteiger partial charge is 0.484 e. The van der Waals surface area contributed by atoms with Gasteiger partial charge in [-0.1, -0.05) is 18.2 Å². The predicted molar refractivity (Wildman–Crippen MR) is 94.4 cm³/mol. The number of pyridine rings is 1. The second kappa shape index (κ2) is 8.06. The fourth-order valence-corrected chi connectivity index (χ4v) is 2.13. The highest BCUT2D eigenvalue weighted by Gasteiger charge is 2.06. The molecule has 0 aliphatic rings. The summed E-state index contributed by atoms with van der Waals surface area (Å²) in [6.07, 6.45) is 1.47. The van der Waals surface area contributed by atoms with E-state index in [0.29, 0.717) is 22.9 Å². The Balaban J connectivity index is 1.53. The molecule has 0 spiro atoms. The molecule has 1 heterocycles. The number of halogens is 2. The van der Waals surface area contributed by atoms with E-state index in [-0.39, 0.29) is 12.5 Å². The summed E-state index contributed by atoms with van der Waals surface area (Å²) in [5.74, 6) is -1.25. The highest BCUT2D eigenvalue weighted by molar-refractivity contribution is 5.91. The van der Waals surface area contributed by atoms with E-state index in [1.807, 2.05) is 18.2 Å². The zero-order valence-electron chi connectivity index (χ0n) is 13.6. The molecule has 0 atom stereocenters. The van der Waals surface area contributed by atoms with E-state index in [4.69, 9.17) is 4.74 Å². The molecule has 0 saturated heterocycles. The van der Waals surface area contributed by atoms with Crippen molar-refractivity contribution in [2.75, 3.05) is 17.2 Å². The average molecular weight is 355 g/mol. The van der Waals surface area contributed by atoms with Crippen LogP contribution in [0.2, 0.25) is 0 Å². The summed E-state index contributed by atoms with van der Waals surface area (Å²) in [6.45, 7) is -0.138. The molecule has 2 N–H and O–H groups in total. The Morgan fingerprint density at radius 2 is 1.73 bits per heavy atom. The van der Waals surface area contributed by atoms with Crippen molar-refractivity contribution in [3.05, 3.63) is 78.5 Å². The molecule has 0 radical (unpaired) electrons. The Kier molecular flexibility index (Phi) is 5.38. The number of benzene rings is 2. The van der Waals surface area contributed by atoms with Crippen molar-refractivity contribution < 1.29 is 18.3 Å². The summed E-state index contributed by atoms with van der Waals surface area (Å²) in [7, 11) is 0. The number of rotatable bonds is 6. The topological polar surface area (TPSA) is 63.2 Å². The number of anilines is 3. The lowest BCUT2D eigenvalue weighted by Gasteiger charge is -2.09.